The first-order valence-corrected chi connectivity index (χ1v) is 12.1. The number of unbranched alkanes of at least 4 members (excludes halogenated alkanes) is 8. The van der Waals surface area contributed by atoms with E-state index in [4.69, 9.17) is 9.47 Å². The molecule has 0 N–H and O–H groups in total. The summed E-state index contributed by atoms with van der Waals surface area (Å²) in [5.74, 6) is 0. The van der Waals surface area contributed by atoms with Crippen LogP contribution in [0.25, 0.3) is 0 Å². The first-order chi connectivity index (χ1) is 14.8. The zero-order valence-corrected chi connectivity index (χ0v) is 21.7. The number of halogens is 2. The third-order valence-electron chi connectivity index (χ3n) is 5.38. The SMILES string of the molecule is CCCCCCCn1cc[n+](COCCOC[n+]2ccn(CCCCCCC)c2)c1.[Cl-].[Cl-]. The quantitative estimate of drug-likeness (QED) is 0.177. The molecule has 0 aliphatic rings. The van der Waals surface area contributed by atoms with E-state index >= 15 is 0 Å². The molecule has 0 saturated heterocycles. The molecule has 2 aromatic rings. The van der Waals surface area contributed by atoms with Crippen LogP contribution in [0.1, 0.15) is 78.1 Å². The Bertz CT molecular complexity index is 608. The van der Waals surface area contributed by atoms with Gasteiger partial charge in [-0.25, -0.2) is 18.3 Å². The average Bonchev–Trinajstić information content (AvgIpc) is 3.40. The van der Waals surface area contributed by atoms with Gasteiger partial charge in [0.1, 0.15) is 24.8 Å². The highest BCUT2D eigenvalue weighted by molar-refractivity contribution is 4.66. The van der Waals surface area contributed by atoms with E-state index in [2.05, 4.69) is 69.6 Å². The smallest absolute Gasteiger partial charge is 0.245 e. The molecule has 0 unspecified atom stereocenters. The van der Waals surface area contributed by atoms with Gasteiger partial charge in [0.15, 0.2) is 13.5 Å². The summed E-state index contributed by atoms with van der Waals surface area (Å²) in [6.07, 6.45) is 25.8. The predicted octanol–water partition coefficient (Wildman–Crippen LogP) is -1.54. The molecule has 6 nitrogen and oxygen atoms in total. The van der Waals surface area contributed by atoms with Crippen molar-refractivity contribution in [3.05, 3.63) is 37.4 Å². The van der Waals surface area contributed by atoms with Gasteiger partial charge in [0.05, 0.1) is 26.3 Å². The maximum absolute atomic E-state index is 5.73. The van der Waals surface area contributed by atoms with Crippen molar-refractivity contribution in [2.45, 2.75) is 105 Å². The molecular weight excluding hydrogens is 447 g/mol. The number of hydrogen-bond donors (Lipinski definition) is 0. The van der Waals surface area contributed by atoms with Crippen LogP contribution in [0.4, 0.5) is 0 Å². The lowest BCUT2D eigenvalue weighted by atomic mass is 10.1. The molecule has 0 radical (unpaired) electrons. The topological polar surface area (TPSA) is 36.1 Å². The van der Waals surface area contributed by atoms with Gasteiger partial charge in [0.2, 0.25) is 12.7 Å². The van der Waals surface area contributed by atoms with Gasteiger partial charge in [-0.1, -0.05) is 52.4 Å². The van der Waals surface area contributed by atoms with Crippen molar-refractivity contribution in [1.29, 1.82) is 0 Å². The van der Waals surface area contributed by atoms with Crippen molar-refractivity contribution in [3.8, 4) is 0 Å². The number of ether oxygens (including phenoxy) is 2. The van der Waals surface area contributed by atoms with E-state index in [9.17, 15) is 0 Å². The Morgan fingerprint density at radius 1 is 0.594 bits per heavy atom. The van der Waals surface area contributed by atoms with Crippen LogP contribution >= 0.6 is 0 Å². The lowest BCUT2D eigenvalue weighted by Gasteiger charge is -2.02. The highest BCUT2D eigenvalue weighted by atomic mass is 35.5. The van der Waals surface area contributed by atoms with E-state index < -0.39 is 0 Å². The second-order valence-corrected chi connectivity index (χ2v) is 8.23. The molecule has 32 heavy (non-hydrogen) atoms. The van der Waals surface area contributed by atoms with Crippen molar-refractivity contribution in [3.63, 3.8) is 0 Å². The van der Waals surface area contributed by atoms with Gasteiger partial charge in [0.25, 0.3) is 0 Å². The molecule has 0 atom stereocenters. The minimum atomic E-state index is 0. The Balaban J connectivity index is 0.00000480. The van der Waals surface area contributed by atoms with Crippen LogP contribution in [0.3, 0.4) is 0 Å². The molecule has 2 aromatic heterocycles. The van der Waals surface area contributed by atoms with Gasteiger partial charge in [-0.15, -0.1) is 0 Å². The van der Waals surface area contributed by atoms with Crippen LogP contribution in [0.5, 0.6) is 0 Å². The molecule has 0 amide bonds. The molecule has 0 fully saturated rings. The van der Waals surface area contributed by atoms with Gasteiger partial charge in [-0.05, 0) is 25.7 Å². The summed E-state index contributed by atoms with van der Waals surface area (Å²) in [5, 5.41) is 0. The maximum atomic E-state index is 5.73. The summed E-state index contributed by atoms with van der Waals surface area (Å²) < 4.78 is 20.1. The molecule has 0 spiro atoms. The summed E-state index contributed by atoms with van der Waals surface area (Å²) in [4.78, 5) is 0. The van der Waals surface area contributed by atoms with Crippen molar-refractivity contribution in [2.75, 3.05) is 13.2 Å². The largest absolute Gasteiger partial charge is 1.00 e. The van der Waals surface area contributed by atoms with Crippen molar-refractivity contribution >= 4 is 0 Å². The van der Waals surface area contributed by atoms with Gasteiger partial charge in [-0.3, -0.25) is 0 Å². The number of hydrogen-bond acceptors (Lipinski definition) is 2. The average molecular weight is 492 g/mol. The molecule has 0 aliphatic carbocycles. The van der Waals surface area contributed by atoms with Gasteiger partial charge >= 0.3 is 0 Å². The van der Waals surface area contributed by atoms with Crippen LogP contribution in [-0.2, 0) is 36.0 Å². The third-order valence-corrected chi connectivity index (χ3v) is 5.38. The molecule has 186 valence electrons. The first-order valence-electron chi connectivity index (χ1n) is 12.1. The van der Waals surface area contributed by atoms with Crippen molar-refractivity contribution in [1.82, 2.24) is 9.13 Å². The first kappa shape index (κ1) is 30.9. The summed E-state index contributed by atoms with van der Waals surface area (Å²) in [7, 11) is 0. The van der Waals surface area contributed by atoms with E-state index in [1.807, 2.05) is 0 Å². The van der Waals surface area contributed by atoms with Crippen LogP contribution in [0.2, 0.25) is 0 Å². The minimum absolute atomic E-state index is 0. The normalized spacial score (nSPS) is 10.7. The fraction of sp³-hybridized carbons (Fsp3) is 0.750. The van der Waals surface area contributed by atoms with Gasteiger partial charge in [0, 0.05) is 0 Å². The van der Waals surface area contributed by atoms with E-state index in [1.165, 1.54) is 64.2 Å². The predicted molar refractivity (Wildman–Crippen MR) is 119 cm³/mol. The fourth-order valence-electron chi connectivity index (χ4n) is 3.55. The Hall–Kier alpha value is -1.08. The van der Waals surface area contributed by atoms with E-state index in [0.717, 1.165) is 13.1 Å². The Kier molecular flexibility index (Phi) is 19.8. The monoisotopic (exact) mass is 490 g/mol. The number of aryl methyl sites for hydroxylation is 2. The molecule has 2 heterocycles. The Morgan fingerprint density at radius 3 is 1.41 bits per heavy atom. The summed E-state index contributed by atoms with van der Waals surface area (Å²) >= 11 is 0. The highest BCUT2D eigenvalue weighted by Crippen LogP contribution is 2.04. The molecular formula is C24H44Cl2N4O2. The molecule has 0 saturated carbocycles. The van der Waals surface area contributed by atoms with Crippen LogP contribution in [-0.4, -0.2) is 22.3 Å². The number of nitrogens with zero attached hydrogens (tertiary/aromatic N) is 4. The second kappa shape index (κ2) is 20.5. The van der Waals surface area contributed by atoms with Crippen LogP contribution in [0, 0.1) is 0 Å². The van der Waals surface area contributed by atoms with Crippen LogP contribution in [0.15, 0.2) is 37.4 Å². The maximum Gasteiger partial charge on any atom is 0.245 e. The molecule has 0 aromatic carbocycles. The summed E-state index contributed by atoms with van der Waals surface area (Å²) in [6, 6.07) is 0. The Labute approximate surface area is 207 Å². The Morgan fingerprint density at radius 2 is 1.00 bits per heavy atom. The van der Waals surface area contributed by atoms with Crippen LogP contribution < -0.4 is 33.9 Å². The minimum Gasteiger partial charge on any atom is -1.00 e. The molecule has 0 bridgehead atoms. The van der Waals surface area contributed by atoms with Crippen molar-refractivity contribution < 1.29 is 43.4 Å². The number of imidazole rings is 2. The zero-order valence-electron chi connectivity index (χ0n) is 20.1. The summed E-state index contributed by atoms with van der Waals surface area (Å²) in [5.41, 5.74) is 0. The number of rotatable bonds is 19. The fourth-order valence-corrected chi connectivity index (χ4v) is 3.55. The van der Waals surface area contributed by atoms with E-state index in [0.29, 0.717) is 26.7 Å². The molecule has 8 heteroatoms. The standard InChI is InChI=1S/C24H44N4O2.2ClH/c1-3-5-7-9-11-13-25-15-17-27(21-25)23-29-19-20-30-24-28-18-16-26(22-28)14-12-10-8-6-4-2;;/h15-18,21-22H,3-14,19-20,23-24H2,1-2H3;2*1H/q+2;;/p-2. The van der Waals surface area contributed by atoms with E-state index in [1.54, 1.807) is 0 Å². The van der Waals surface area contributed by atoms with Gasteiger partial charge < -0.3 is 34.3 Å². The lowest BCUT2D eigenvalue weighted by Crippen LogP contribution is -3.00. The molecule has 2 rings (SSSR count). The highest BCUT2D eigenvalue weighted by Gasteiger charge is 2.05. The van der Waals surface area contributed by atoms with Gasteiger partial charge in [-0.2, -0.15) is 0 Å². The van der Waals surface area contributed by atoms with Crippen molar-refractivity contribution in [2.24, 2.45) is 0 Å². The second-order valence-electron chi connectivity index (χ2n) is 8.23. The summed E-state index contributed by atoms with van der Waals surface area (Å²) in [6.45, 7) is 9.06. The lowest BCUT2D eigenvalue weighted by molar-refractivity contribution is -0.737. The number of aromatic nitrogens is 4. The third kappa shape index (κ3) is 14.1. The van der Waals surface area contributed by atoms with E-state index in [-0.39, 0.29) is 24.8 Å². The molecule has 0 aliphatic heterocycles. The zero-order chi connectivity index (χ0) is 21.3.